The zero-order valence-electron chi connectivity index (χ0n) is 12.7. The standard InChI is InChI=1S/C16H29NO2/c1-16(2,3)13-6-4-12(5-7-13)15(19)17-10-8-14(18)9-11-17/h12-14,18H,4-11H2,1-3H3. The van der Waals surface area contributed by atoms with Crippen molar-refractivity contribution < 1.29 is 9.90 Å². The fourth-order valence-electron chi connectivity index (χ4n) is 3.55. The van der Waals surface area contributed by atoms with Crippen molar-refractivity contribution in [3.8, 4) is 0 Å². The summed E-state index contributed by atoms with van der Waals surface area (Å²) in [5, 5.41) is 9.51. The summed E-state index contributed by atoms with van der Waals surface area (Å²) in [6.45, 7) is 8.43. The van der Waals surface area contributed by atoms with Crippen molar-refractivity contribution in [3.63, 3.8) is 0 Å². The molecule has 0 aromatic rings. The molecule has 2 aliphatic rings. The van der Waals surface area contributed by atoms with Gasteiger partial charge in [0.25, 0.3) is 0 Å². The number of aliphatic hydroxyl groups is 1. The van der Waals surface area contributed by atoms with Gasteiger partial charge in [-0.3, -0.25) is 4.79 Å². The highest BCUT2D eigenvalue weighted by atomic mass is 16.3. The second-order valence-corrected chi connectivity index (χ2v) is 7.47. The van der Waals surface area contributed by atoms with E-state index in [0.717, 1.165) is 44.7 Å². The highest BCUT2D eigenvalue weighted by Crippen LogP contribution is 2.40. The van der Waals surface area contributed by atoms with Gasteiger partial charge in [-0.25, -0.2) is 0 Å². The number of hydrogen-bond donors (Lipinski definition) is 1. The van der Waals surface area contributed by atoms with Crippen LogP contribution in [0.2, 0.25) is 0 Å². The lowest BCUT2D eigenvalue weighted by Gasteiger charge is -2.39. The predicted molar refractivity (Wildman–Crippen MR) is 76.7 cm³/mol. The van der Waals surface area contributed by atoms with Crippen molar-refractivity contribution >= 4 is 5.91 Å². The van der Waals surface area contributed by atoms with Crippen LogP contribution in [0.3, 0.4) is 0 Å². The molecular formula is C16H29NO2. The van der Waals surface area contributed by atoms with Crippen molar-refractivity contribution in [3.05, 3.63) is 0 Å². The fourth-order valence-corrected chi connectivity index (χ4v) is 3.55. The highest BCUT2D eigenvalue weighted by molar-refractivity contribution is 5.79. The average Bonchev–Trinajstić information content (AvgIpc) is 2.38. The summed E-state index contributed by atoms with van der Waals surface area (Å²) < 4.78 is 0. The van der Waals surface area contributed by atoms with Crippen LogP contribution in [-0.2, 0) is 4.79 Å². The topological polar surface area (TPSA) is 40.5 Å². The van der Waals surface area contributed by atoms with E-state index in [-0.39, 0.29) is 12.0 Å². The lowest BCUT2D eigenvalue weighted by molar-refractivity contribution is -0.139. The van der Waals surface area contributed by atoms with Gasteiger partial charge in [0.15, 0.2) is 0 Å². The maximum absolute atomic E-state index is 12.5. The summed E-state index contributed by atoms with van der Waals surface area (Å²) in [6, 6.07) is 0. The molecule has 2 fully saturated rings. The Morgan fingerprint density at radius 3 is 2.00 bits per heavy atom. The van der Waals surface area contributed by atoms with Crippen LogP contribution in [-0.4, -0.2) is 35.1 Å². The maximum atomic E-state index is 12.5. The Bertz CT molecular complexity index is 305. The molecule has 110 valence electrons. The van der Waals surface area contributed by atoms with Gasteiger partial charge in [0.05, 0.1) is 6.10 Å². The Hall–Kier alpha value is -0.570. The molecule has 0 aromatic heterocycles. The molecule has 1 aliphatic heterocycles. The number of piperidine rings is 1. The van der Waals surface area contributed by atoms with Crippen molar-refractivity contribution in [1.29, 1.82) is 0 Å². The quantitative estimate of drug-likeness (QED) is 0.793. The molecule has 3 heteroatoms. The Balaban J connectivity index is 1.82. The van der Waals surface area contributed by atoms with Crippen molar-refractivity contribution in [1.82, 2.24) is 4.90 Å². The average molecular weight is 267 g/mol. The van der Waals surface area contributed by atoms with E-state index in [9.17, 15) is 9.90 Å². The Morgan fingerprint density at radius 1 is 1.00 bits per heavy atom. The molecule has 1 aliphatic carbocycles. The summed E-state index contributed by atoms with van der Waals surface area (Å²) in [4.78, 5) is 14.4. The Labute approximate surface area is 117 Å². The van der Waals surface area contributed by atoms with Gasteiger partial charge in [0.2, 0.25) is 5.91 Å². The van der Waals surface area contributed by atoms with Crippen LogP contribution in [0.15, 0.2) is 0 Å². The van der Waals surface area contributed by atoms with E-state index in [0.29, 0.717) is 11.3 Å². The van der Waals surface area contributed by atoms with Crippen LogP contribution in [0, 0.1) is 17.3 Å². The third-order valence-corrected chi connectivity index (χ3v) is 5.08. The Kier molecular flexibility index (Phi) is 4.54. The fraction of sp³-hybridized carbons (Fsp3) is 0.938. The highest BCUT2D eigenvalue weighted by Gasteiger charge is 2.34. The van der Waals surface area contributed by atoms with Crippen LogP contribution >= 0.6 is 0 Å². The number of likely N-dealkylation sites (tertiary alicyclic amines) is 1. The van der Waals surface area contributed by atoms with E-state index in [1.54, 1.807) is 0 Å². The van der Waals surface area contributed by atoms with Gasteiger partial charge in [0, 0.05) is 19.0 Å². The minimum Gasteiger partial charge on any atom is -0.393 e. The minimum atomic E-state index is -0.194. The second kappa shape index (κ2) is 5.82. The maximum Gasteiger partial charge on any atom is 0.225 e. The monoisotopic (exact) mass is 267 g/mol. The van der Waals surface area contributed by atoms with Crippen LogP contribution in [0.4, 0.5) is 0 Å². The van der Waals surface area contributed by atoms with Crippen LogP contribution < -0.4 is 0 Å². The molecule has 0 bridgehead atoms. The van der Waals surface area contributed by atoms with E-state index in [1.807, 2.05) is 4.90 Å². The number of rotatable bonds is 1. The van der Waals surface area contributed by atoms with Crippen molar-refractivity contribution in [2.75, 3.05) is 13.1 Å². The van der Waals surface area contributed by atoms with Crippen molar-refractivity contribution in [2.24, 2.45) is 17.3 Å². The summed E-state index contributed by atoms with van der Waals surface area (Å²) in [5.41, 5.74) is 0.378. The molecule has 3 nitrogen and oxygen atoms in total. The molecule has 0 unspecified atom stereocenters. The molecule has 1 saturated heterocycles. The lowest BCUT2D eigenvalue weighted by atomic mass is 9.69. The number of carbonyl (C=O) groups excluding carboxylic acids is 1. The van der Waals surface area contributed by atoms with Gasteiger partial charge >= 0.3 is 0 Å². The second-order valence-electron chi connectivity index (χ2n) is 7.47. The van der Waals surface area contributed by atoms with E-state index >= 15 is 0 Å². The Morgan fingerprint density at radius 2 is 1.53 bits per heavy atom. The van der Waals surface area contributed by atoms with E-state index < -0.39 is 0 Å². The van der Waals surface area contributed by atoms with Crippen molar-refractivity contribution in [2.45, 2.75) is 65.4 Å². The van der Waals surface area contributed by atoms with Gasteiger partial charge in [-0.15, -0.1) is 0 Å². The first-order valence-electron chi connectivity index (χ1n) is 7.85. The summed E-state index contributed by atoms with van der Waals surface area (Å²) in [7, 11) is 0. The minimum absolute atomic E-state index is 0.194. The van der Waals surface area contributed by atoms with Crippen LogP contribution in [0.5, 0.6) is 0 Å². The summed E-state index contributed by atoms with van der Waals surface area (Å²) >= 11 is 0. The van der Waals surface area contributed by atoms with Gasteiger partial charge in [0.1, 0.15) is 0 Å². The number of nitrogens with zero attached hydrogens (tertiary/aromatic N) is 1. The zero-order chi connectivity index (χ0) is 14.0. The van der Waals surface area contributed by atoms with Gasteiger partial charge < -0.3 is 10.0 Å². The van der Waals surface area contributed by atoms with Crippen LogP contribution in [0.1, 0.15) is 59.3 Å². The number of carbonyl (C=O) groups is 1. The third-order valence-electron chi connectivity index (χ3n) is 5.08. The molecule has 1 N–H and O–H groups in total. The SMILES string of the molecule is CC(C)(C)C1CCC(C(=O)N2CCC(O)CC2)CC1. The molecule has 19 heavy (non-hydrogen) atoms. The molecule has 2 rings (SSSR count). The molecule has 1 amide bonds. The number of amides is 1. The largest absolute Gasteiger partial charge is 0.393 e. The molecule has 1 saturated carbocycles. The summed E-state index contributed by atoms with van der Waals surface area (Å²) in [5.74, 6) is 1.35. The zero-order valence-corrected chi connectivity index (χ0v) is 12.7. The predicted octanol–water partition coefficient (Wildman–Crippen LogP) is 2.82. The first kappa shape index (κ1) is 14.8. The van der Waals surface area contributed by atoms with Crippen LogP contribution in [0.25, 0.3) is 0 Å². The molecule has 0 radical (unpaired) electrons. The molecule has 0 aromatic carbocycles. The van der Waals surface area contributed by atoms with E-state index in [4.69, 9.17) is 0 Å². The molecular weight excluding hydrogens is 238 g/mol. The van der Waals surface area contributed by atoms with E-state index in [2.05, 4.69) is 20.8 Å². The van der Waals surface area contributed by atoms with E-state index in [1.165, 1.54) is 12.8 Å². The van der Waals surface area contributed by atoms with Gasteiger partial charge in [-0.2, -0.15) is 0 Å². The normalized spacial score (nSPS) is 30.4. The first-order chi connectivity index (χ1) is 8.88. The summed E-state index contributed by atoms with van der Waals surface area (Å²) in [6.07, 6.45) is 5.80. The molecule has 1 heterocycles. The first-order valence-corrected chi connectivity index (χ1v) is 7.85. The third kappa shape index (κ3) is 3.71. The number of hydrogen-bond acceptors (Lipinski definition) is 2. The number of aliphatic hydroxyl groups excluding tert-OH is 1. The molecule has 0 atom stereocenters. The van der Waals surface area contributed by atoms with Gasteiger partial charge in [-0.05, 0) is 49.9 Å². The lowest BCUT2D eigenvalue weighted by Crippen LogP contribution is -2.44. The van der Waals surface area contributed by atoms with Gasteiger partial charge in [-0.1, -0.05) is 20.8 Å². The smallest absolute Gasteiger partial charge is 0.225 e. The molecule has 0 spiro atoms.